The zero-order valence-electron chi connectivity index (χ0n) is 16.1. The molecule has 1 aliphatic carbocycles. The van der Waals surface area contributed by atoms with E-state index in [1.54, 1.807) is 11.7 Å². The number of benzene rings is 2. The van der Waals surface area contributed by atoms with Crippen molar-refractivity contribution >= 4 is 11.7 Å². The number of aromatic nitrogens is 4. The second-order valence-corrected chi connectivity index (χ2v) is 7.26. The van der Waals surface area contributed by atoms with E-state index >= 15 is 0 Å². The average Bonchev–Trinajstić information content (AvgIpc) is 3.13. The summed E-state index contributed by atoms with van der Waals surface area (Å²) < 4.78 is 1.59. The van der Waals surface area contributed by atoms with Crippen LogP contribution in [0, 0.1) is 0 Å². The second-order valence-electron chi connectivity index (χ2n) is 7.26. The van der Waals surface area contributed by atoms with Crippen LogP contribution in [0.1, 0.15) is 42.5 Å². The van der Waals surface area contributed by atoms with E-state index in [9.17, 15) is 4.79 Å². The fourth-order valence-electron chi connectivity index (χ4n) is 3.68. The maximum Gasteiger partial charge on any atom is 0.319 e. The predicted molar refractivity (Wildman–Crippen MR) is 108 cm³/mol. The summed E-state index contributed by atoms with van der Waals surface area (Å²) in [6, 6.07) is 13.7. The Balaban J connectivity index is 1.42. The van der Waals surface area contributed by atoms with Gasteiger partial charge in [0.15, 0.2) is 5.82 Å². The molecule has 0 saturated heterocycles. The van der Waals surface area contributed by atoms with Gasteiger partial charge in [0.1, 0.15) is 0 Å². The Morgan fingerprint density at radius 2 is 1.93 bits per heavy atom. The third-order valence-electron chi connectivity index (χ3n) is 5.22. The largest absolute Gasteiger partial charge is 0.331 e. The lowest BCUT2D eigenvalue weighted by Gasteiger charge is -2.20. The van der Waals surface area contributed by atoms with E-state index in [0.29, 0.717) is 11.5 Å². The first-order chi connectivity index (χ1) is 13.6. The Bertz CT molecular complexity index is 996. The van der Waals surface area contributed by atoms with Crippen molar-refractivity contribution in [3.8, 4) is 11.4 Å². The summed E-state index contributed by atoms with van der Waals surface area (Å²) in [6.45, 7) is 2.01. The van der Waals surface area contributed by atoms with Crippen molar-refractivity contribution in [2.45, 2.75) is 38.6 Å². The summed E-state index contributed by atoms with van der Waals surface area (Å²) in [5, 5.41) is 17.4. The van der Waals surface area contributed by atoms with Crippen LogP contribution in [0.5, 0.6) is 0 Å². The van der Waals surface area contributed by atoms with Gasteiger partial charge in [-0.2, -0.15) is 0 Å². The topological polar surface area (TPSA) is 84.7 Å². The number of rotatable bonds is 4. The number of amides is 2. The van der Waals surface area contributed by atoms with Gasteiger partial charge in [-0.25, -0.2) is 9.48 Å². The highest BCUT2D eigenvalue weighted by atomic mass is 16.2. The van der Waals surface area contributed by atoms with Gasteiger partial charge in [0.2, 0.25) is 0 Å². The molecule has 1 unspecified atom stereocenters. The molecule has 7 heteroatoms. The summed E-state index contributed by atoms with van der Waals surface area (Å²) in [5.74, 6) is 0.645. The Morgan fingerprint density at radius 3 is 2.71 bits per heavy atom. The number of nitrogens with zero attached hydrogens (tertiary/aromatic N) is 4. The Morgan fingerprint density at radius 1 is 1.11 bits per heavy atom. The number of anilines is 1. The van der Waals surface area contributed by atoms with Gasteiger partial charge in [0.25, 0.3) is 0 Å². The first-order valence-corrected chi connectivity index (χ1v) is 9.62. The van der Waals surface area contributed by atoms with Gasteiger partial charge in [0.05, 0.1) is 6.04 Å². The number of urea groups is 1. The van der Waals surface area contributed by atoms with Gasteiger partial charge in [-0.1, -0.05) is 30.3 Å². The zero-order chi connectivity index (χ0) is 19.5. The molecule has 0 bridgehead atoms. The fourth-order valence-corrected chi connectivity index (χ4v) is 3.68. The zero-order valence-corrected chi connectivity index (χ0v) is 16.1. The van der Waals surface area contributed by atoms with Crippen LogP contribution < -0.4 is 10.6 Å². The monoisotopic (exact) mass is 376 g/mol. The molecule has 1 atom stereocenters. The maximum absolute atomic E-state index is 12.5. The summed E-state index contributed by atoms with van der Waals surface area (Å²) in [4.78, 5) is 12.5. The van der Waals surface area contributed by atoms with Gasteiger partial charge in [0, 0.05) is 18.3 Å². The lowest BCUT2D eigenvalue weighted by Crippen LogP contribution is -2.31. The van der Waals surface area contributed by atoms with Crippen LogP contribution in [0.3, 0.4) is 0 Å². The Hall–Kier alpha value is -3.22. The molecular formula is C21H24N6O. The number of carbonyl (C=O) groups excluding carboxylic acids is 1. The molecule has 0 saturated carbocycles. The van der Waals surface area contributed by atoms with Gasteiger partial charge < -0.3 is 10.6 Å². The van der Waals surface area contributed by atoms with Crippen molar-refractivity contribution in [1.82, 2.24) is 25.5 Å². The fraction of sp³-hybridized carbons (Fsp3) is 0.333. The molecule has 1 heterocycles. The van der Waals surface area contributed by atoms with Gasteiger partial charge in [-0.05, 0) is 71.9 Å². The van der Waals surface area contributed by atoms with Gasteiger partial charge in [-0.3, -0.25) is 0 Å². The third-order valence-corrected chi connectivity index (χ3v) is 5.22. The van der Waals surface area contributed by atoms with E-state index in [4.69, 9.17) is 0 Å². The number of fused-ring (bicyclic) bond motifs is 1. The van der Waals surface area contributed by atoms with Crippen LogP contribution in [0.25, 0.3) is 11.4 Å². The number of nitrogens with one attached hydrogen (secondary N) is 2. The smallest absolute Gasteiger partial charge is 0.319 e. The van der Waals surface area contributed by atoms with Crippen molar-refractivity contribution < 1.29 is 4.79 Å². The number of aryl methyl sites for hydroxylation is 3. The molecule has 0 fully saturated rings. The minimum atomic E-state index is -0.238. The Labute approximate surface area is 164 Å². The minimum absolute atomic E-state index is 0.0710. The van der Waals surface area contributed by atoms with Crippen LogP contribution in [0.2, 0.25) is 0 Å². The third kappa shape index (κ3) is 3.88. The molecule has 1 aliphatic rings. The Kier molecular flexibility index (Phi) is 5.06. The molecule has 2 N–H and O–H groups in total. The van der Waals surface area contributed by atoms with E-state index in [2.05, 4.69) is 44.4 Å². The average molecular weight is 376 g/mol. The van der Waals surface area contributed by atoms with E-state index in [1.807, 2.05) is 31.2 Å². The first kappa shape index (κ1) is 18.2. The molecule has 0 spiro atoms. The lowest BCUT2D eigenvalue weighted by atomic mass is 9.89. The molecule has 144 valence electrons. The SMILES string of the molecule is CC(NC(=O)Nc1cccc(-c2nnnn2C)c1)c1ccc2c(c1)CCCC2. The molecule has 4 rings (SSSR count). The van der Waals surface area contributed by atoms with Gasteiger partial charge >= 0.3 is 6.03 Å². The van der Waals surface area contributed by atoms with Crippen molar-refractivity contribution in [1.29, 1.82) is 0 Å². The summed E-state index contributed by atoms with van der Waals surface area (Å²) in [6.07, 6.45) is 4.81. The van der Waals surface area contributed by atoms with Crippen LogP contribution >= 0.6 is 0 Å². The first-order valence-electron chi connectivity index (χ1n) is 9.62. The number of carbonyl (C=O) groups is 1. The molecule has 2 amide bonds. The highest BCUT2D eigenvalue weighted by Gasteiger charge is 2.14. The second kappa shape index (κ2) is 7.80. The number of hydrogen-bond acceptors (Lipinski definition) is 4. The molecular weight excluding hydrogens is 352 g/mol. The normalized spacial score (nSPS) is 14.2. The molecule has 28 heavy (non-hydrogen) atoms. The summed E-state index contributed by atoms with van der Waals surface area (Å²) >= 11 is 0. The predicted octanol–water partition coefficient (Wildman–Crippen LogP) is 3.64. The summed E-state index contributed by atoms with van der Waals surface area (Å²) in [7, 11) is 1.78. The molecule has 7 nitrogen and oxygen atoms in total. The number of tetrazole rings is 1. The quantitative estimate of drug-likeness (QED) is 0.728. The van der Waals surface area contributed by atoms with Crippen molar-refractivity contribution in [2.24, 2.45) is 7.05 Å². The molecule has 3 aromatic rings. The van der Waals surface area contributed by atoms with Crippen LogP contribution in [-0.2, 0) is 19.9 Å². The molecule has 1 aromatic heterocycles. The van der Waals surface area contributed by atoms with Crippen LogP contribution in [0.15, 0.2) is 42.5 Å². The molecule has 0 radical (unpaired) electrons. The highest BCUT2D eigenvalue weighted by Crippen LogP contribution is 2.25. The van der Waals surface area contributed by atoms with Crippen LogP contribution in [-0.4, -0.2) is 26.2 Å². The highest BCUT2D eigenvalue weighted by molar-refractivity contribution is 5.90. The summed E-state index contributed by atoms with van der Waals surface area (Å²) in [5.41, 5.74) is 5.53. The molecule has 2 aromatic carbocycles. The van der Waals surface area contributed by atoms with E-state index in [1.165, 1.54) is 24.0 Å². The van der Waals surface area contributed by atoms with E-state index in [-0.39, 0.29) is 12.1 Å². The van der Waals surface area contributed by atoms with Crippen LogP contribution in [0.4, 0.5) is 10.5 Å². The van der Waals surface area contributed by atoms with Crippen molar-refractivity contribution in [3.05, 3.63) is 59.2 Å². The van der Waals surface area contributed by atoms with Crippen molar-refractivity contribution in [3.63, 3.8) is 0 Å². The lowest BCUT2D eigenvalue weighted by molar-refractivity contribution is 0.249. The number of hydrogen-bond donors (Lipinski definition) is 2. The maximum atomic E-state index is 12.5. The molecule has 0 aliphatic heterocycles. The standard InChI is InChI=1S/C21H24N6O/c1-14(16-11-10-15-6-3-4-7-17(15)12-16)22-21(28)23-19-9-5-8-18(13-19)20-24-25-26-27(20)2/h5,8-14H,3-4,6-7H2,1-2H3,(H2,22,23,28). The minimum Gasteiger partial charge on any atom is -0.331 e. The van der Waals surface area contributed by atoms with Crippen molar-refractivity contribution in [2.75, 3.05) is 5.32 Å². The van der Waals surface area contributed by atoms with Gasteiger partial charge in [-0.15, -0.1) is 5.10 Å². The van der Waals surface area contributed by atoms with E-state index in [0.717, 1.165) is 24.0 Å². The van der Waals surface area contributed by atoms with E-state index < -0.39 is 0 Å².